The fraction of sp³-hybridized carbons (Fsp3) is 0.938. The van der Waals surface area contributed by atoms with Crippen molar-refractivity contribution < 1.29 is 4.79 Å². The molecule has 3 fully saturated rings. The summed E-state index contributed by atoms with van der Waals surface area (Å²) in [7, 11) is 0. The smallest absolute Gasteiger partial charge is 0.223 e. The van der Waals surface area contributed by atoms with E-state index in [0.717, 1.165) is 13.1 Å². The van der Waals surface area contributed by atoms with Crippen molar-refractivity contribution in [3.05, 3.63) is 0 Å². The molecule has 1 unspecified atom stereocenters. The fourth-order valence-electron chi connectivity index (χ4n) is 3.66. The summed E-state index contributed by atoms with van der Waals surface area (Å²) in [6, 6.07) is 0.434. The number of amides is 1. The van der Waals surface area contributed by atoms with E-state index in [1.807, 2.05) is 0 Å². The van der Waals surface area contributed by atoms with Crippen molar-refractivity contribution in [2.24, 2.45) is 23.2 Å². The molecular formula is C16H29ClN2O. The van der Waals surface area contributed by atoms with Crippen molar-refractivity contribution in [2.45, 2.75) is 58.4 Å². The second kappa shape index (κ2) is 6.23. The summed E-state index contributed by atoms with van der Waals surface area (Å²) < 4.78 is 0. The number of hydrogen-bond donors (Lipinski definition) is 2. The Hall–Kier alpha value is -0.280. The first-order valence-electron chi connectivity index (χ1n) is 8.09. The zero-order valence-electron chi connectivity index (χ0n) is 12.8. The van der Waals surface area contributed by atoms with Crippen LogP contribution in [0.5, 0.6) is 0 Å². The largest absolute Gasteiger partial charge is 0.354 e. The third-order valence-electron chi connectivity index (χ3n) is 5.37. The van der Waals surface area contributed by atoms with E-state index in [2.05, 4.69) is 24.5 Å². The molecule has 1 atom stereocenters. The van der Waals surface area contributed by atoms with E-state index in [9.17, 15) is 4.79 Å². The summed E-state index contributed by atoms with van der Waals surface area (Å²) in [5, 5.41) is 6.83. The van der Waals surface area contributed by atoms with Crippen LogP contribution in [0.4, 0.5) is 0 Å². The normalized spacial score (nSPS) is 28.9. The van der Waals surface area contributed by atoms with Gasteiger partial charge in [0.2, 0.25) is 5.91 Å². The molecule has 0 spiro atoms. The summed E-state index contributed by atoms with van der Waals surface area (Å²) in [4.78, 5) is 12.4. The quantitative estimate of drug-likeness (QED) is 0.820. The van der Waals surface area contributed by atoms with Crippen molar-refractivity contribution in [2.75, 3.05) is 13.1 Å². The van der Waals surface area contributed by atoms with Crippen molar-refractivity contribution in [3.63, 3.8) is 0 Å². The second-order valence-corrected chi connectivity index (χ2v) is 7.54. The van der Waals surface area contributed by atoms with E-state index in [0.29, 0.717) is 35.1 Å². The van der Waals surface area contributed by atoms with E-state index in [-0.39, 0.29) is 12.4 Å². The van der Waals surface area contributed by atoms with Gasteiger partial charge in [-0.05, 0) is 62.3 Å². The summed E-state index contributed by atoms with van der Waals surface area (Å²) >= 11 is 0. The maximum absolute atomic E-state index is 12.4. The van der Waals surface area contributed by atoms with E-state index in [1.165, 1.54) is 38.5 Å². The molecule has 116 valence electrons. The van der Waals surface area contributed by atoms with Crippen LogP contribution in [0, 0.1) is 23.2 Å². The Balaban J connectivity index is 0.00000147. The van der Waals surface area contributed by atoms with Crippen LogP contribution < -0.4 is 10.6 Å². The van der Waals surface area contributed by atoms with E-state index >= 15 is 0 Å². The number of carbonyl (C=O) groups excluding carboxylic acids is 1. The first-order valence-corrected chi connectivity index (χ1v) is 8.09. The lowest BCUT2D eigenvalue weighted by molar-refractivity contribution is -0.126. The van der Waals surface area contributed by atoms with Gasteiger partial charge in [0.25, 0.3) is 0 Å². The molecule has 3 nitrogen and oxygen atoms in total. The maximum Gasteiger partial charge on any atom is 0.223 e. The van der Waals surface area contributed by atoms with Gasteiger partial charge in [-0.15, -0.1) is 12.4 Å². The van der Waals surface area contributed by atoms with E-state index in [1.54, 1.807) is 0 Å². The molecule has 0 radical (unpaired) electrons. The summed E-state index contributed by atoms with van der Waals surface area (Å²) in [5.74, 6) is 2.10. The first kappa shape index (κ1) is 16.1. The highest BCUT2D eigenvalue weighted by Gasteiger charge is 2.45. The van der Waals surface area contributed by atoms with Crippen LogP contribution >= 0.6 is 12.4 Å². The van der Waals surface area contributed by atoms with Crippen LogP contribution in [0.25, 0.3) is 0 Å². The van der Waals surface area contributed by atoms with Gasteiger partial charge in [-0.2, -0.15) is 0 Å². The lowest BCUT2D eigenvalue weighted by Gasteiger charge is -2.39. The minimum atomic E-state index is 0. The Morgan fingerprint density at radius 2 is 1.85 bits per heavy atom. The number of halogens is 1. The Morgan fingerprint density at radius 1 is 1.25 bits per heavy atom. The lowest BCUT2D eigenvalue weighted by Crippen LogP contribution is -2.53. The molecule has 4 heteroatoms. The van der Waals surface area contributed by atoms with Crippen LogP contribution in [0.15, 0.2) is 0 Å². The van der Waals surface area contributed by atoms with Gasteiger partial charge in [0.1, 0.15) is 0 Å². The van der Waals surface area contributed by atoms with E-state index in [4.69, 9.17) is 0 Å². The van der Waals surface area contributed by atoms with Crippen LogP contribution in [-0.4, -0.2) is 25.0 Å². The molecule has 0 aromatic heterocycles. The highest BCUT2D eigenvalue weighted by molar-refractivity contribution is 5.85. The molecule has 1 amide bonds. The monoisotopic (exact) mass is 300 g/mol. The van der Waals surface area contributed by atoms with Gasteiger partial charge in [0.15, 0.2) is 0 Å². The zero-order valence-corrected chi connectivity index (χ0v) is 13.6. The molecule has 0 aromatic carbocycles. The third-order valence-corrected chi connectivity index (χ3v) is 5.37. The first-order chi connectivity index (χ1) is 9.08. The molecule has 2 saturated carbocycles. The maximum atomic E-state index is 12.4. The molecule has 0 aromatic rings. The Kier molecular flexibility index (Phi) is 5.01. The second-order valence-electron chi connectivity index (χ2n) is 7.54. The summed E-state index contributed by atoms with van der Waals surface area (Å²) in [6.07, 6.45) is 7.63. The highest BCUT2D eigenvalue weighted by atomic mass is 35.5. The van der Waals surface area contributed by atoms with Crippen molar-refractivity contribution in [3.8, 4) is 0 Å². The van der Waals surface area contributed by atoms with E-state index < -0.39 is 0 Å². The standard InChI is InChI=1S/C16H28N2O.ClH/c1-16(2)8-3-9-17-13(16)10-18-15(19)14(11-4-5-11)12-6-7-12;/h11-14,17H,3-10H2,1-2H3,(H,18,19);1H. The predicted octanol–water partition coefficient (Wildman–Crippen LogP) is 2.74. The van der Waals surface area contributed by atoms with Crippen molar-refractivity contribution in [1.82, 2.24) is 10.6 Å². The molecule has 1 aliphatic heterocycles. The lowest BCUT2D eigenvalue weighted by atomic mass is 9.77. The highest BCUT2D eigenvalue weighted by Crippen LogP contribution is 2.49. The molecule has 20 heavy (non-hydrogen) atoms. The van der Waals surface area contributed by atoms with Gasteiger partial charge in [0.05, 0.1) is 0 Å². The molecule has 1 saturated heterocycles. The fourth-order valence-corrected chi connectivity index (χ4v) is 3.66. The van der Waals surface area contributed by atoms with Gasteiger partial charge in [-0.1, -0.05) is 13.8 Å². The molecule has 3 aliphatic rings. The minimum absolute atomic E-state index is 0. The SMILES string of the molecule is CC1(C)CCCNC1CNC(=O)C(C1CC1)C1CC1.Cl. The number of hydrogen-bond acceptors (Lipinski definition) is 2. The van der Waals surface area contributed by atoms with Gasteiger partial charge < -0.3 is 10.6 Å². The average molecular weight is 301 g/mol. The molecule has 3 rings (SSSR count). The Bertz CT molecular complexity index is 338. The molecule has 2 aliphatic carbocycles. The van der Waals surface area contributed by atoms with Crippen molar-refractivity contribution >= 4 is 18.3 Å². The predicted molar refractivity (Wildman–Crippen MR) is 84.0 cm³/mol. The average Bonchev–Trinajstić information content (AvgIpc) is 3.21. The third kappa shape index (κ3) is 3.67. The minimum Gasteiger partial charge on any atom is -0.354 e. The van der Waals surface area contributed by atoms with Crippen LogP contribution in [-0.2, 0) is 4.79 Å². The van der Waals surface area contributed by atoms with Crippen molar-refractivity contribution in [1.29, 1.82) is 0 Å². The Morgan fingerprint density at radius 3 is 2.35 bits per heavy atom. The van der Waals surface area contributed by atoms with Crippen LogP contribution in [0.2, 0.25) is 0 Å². The molecule has 1 heterocycles. The zero-order chi connectivity index (χ0) is 13.5. The van der Waals surface area contributed by atoms with Gasteiger partial charge in [0, 0.05) is 18.5 Å². The number of piperidine rings is 1. The molecule has 0 bridgehead atoms. The molecular weight excluding hydrogens is 272 g/mol. The molecule has 2 N–H and O–H groups in total. The topological polar surface area (TPSA) is 41.1 Å². The van der Waals surface area contributed by atoms with Crippen LogP contribution in [0.1, 0.15) is 52.4 Å². The number of rotatable bonds is 5. The number of carbonyl (C=O) groups is 1. The number of nitrogens with one attached hydrogen (secondary N) is 2. The van der Waals surface area contributed by atoms with Gasteiger partial charge in [-0.25, -0.2) is 0 Å². The summed E-state index contributed by atoms with van der Waals surface area (Å²) in [5.41, 5.74) is 0.306. The van der Waals surface area contributed by atoms with Gasteiger partial charge >= 0.3 is 0 Å². The van der Waals surface area contributed by atoms with Crippen LogP contribution in [0.3, 0.4) is 0 Å². The Labute approximate surface area is 129 Å². The summed E-state index contributed by atoms with van der Waals surface area (Å²) in [6.45, 7) is 6.53. The van der Waals surface area contributed by atoms with Gasteiger partial charge in [-0.3, -0.25) is 4.79 Å².